The van der Waals surface area contributed by atoms with Crippen LogP contribution in [0.4, 0.5) is 4.39 Å². The normalized spacial score (nSPS) is 15.8. The second-order valence-corrected chi connectivity index (χ2v) is 6.90. The third-order valence-corrected chi connectivity index (χ3v) is 5.07. The quantitative estimate of drug-likeness (QED) is 0.802. The molecule has 1 heterocycles. The summed E-state index contributed by atoms with van der Waals surface area (Å²) in [4.78, 5) is 12.8. The minimum atomic E-state index is -0.393. The van der Waals surface area contributed by atoms with Crippen LogP contribution >= 0.6 is 24.0 Å². The monoisotopic (exact) mass is 396 g/mol. The average molecular weight is 397 g/mol. The maximum Gasteiger partial charge on any atom is 0.223 e. The number of hydrogen-bond donors (Lipinski definition) is 2. The molecule has 1 saturated heterocycles. The summed E-state index contributed by atoms with van der Waals surface area (Å²) in [6.45, 7) is 3.42. The van der Waals surface area contributed by atoms with Crippen LogP contribution in [0.1, 0.15) is 35.6 Å². The standard InChI is InChI=1S/C20H22ClFN2O.ClH/c1-13-12-15(6-7-18(13)22)19(16-4-2-3-5-17(16)21)24-20(25)14-8-10-23-11-9-14;/h2-7,12,14,19,23H,8-11H2,1H3,(H,24,25);1H. The van der Waals surface area contributed by atoms with Gasteiger partial charge >= 0.3 is 0 Å². The molecule has 1 fully saturated rings. The highest BCUT2D eigenvalue weighted by molar-refractivity contribution is 6.31. The Balaban J connectivity index is 0.00000243. The molecule has 140 valence electrons. The average Bonchev–Trinajstić information content (AvgIpc) is 2.63. The summed E-state index contributed by atoms with van der Waals surface area (Å²) in [5, 5.41) is 6.98. The van der Waals surface area contributed by atoms with E-state index < -0.39 is 6.04 Å². The predicted molar refractivity (Wildman–Crippen MR) is 105 cm³/mol. The second-order valence-electron chi connectivity index (χ2n) is 6.50. The van der Waals surface area contributed by atoms with Crippen molar-refractivity contribution < 1.29 is 9.18 Å². The Morgan fingerprint density at radius 3 is 2.58 bits per heavy atom. The summed E-state index contributed by atoms with van der Waals surface area (Å²) in [5.41, 5.74) is 2.19. The molecular weight excluding hydrogens is 374 g/mol. The molecule has 1 aliphatic rings. The van der Waals surface area contributed by atoms with Gasteiger partial charge in [-0.15, -0.1) is 12.4 Å². The molecule has 1 amide bonds. The van der Waals surface area contributed by atoms with E-state index >= 15 is 0 Å². The molecule has 0 aromatic heterocycles. The van der Waals surface area contributed by atoms with Crippen LogP contribution in [-0.2, 0) is 4.79 Å². The summed E-state index contributed by atoms with van der Waals surface area (Å²) >= 11 is 6.37. The Kier molecular flexibility index (Phi) is 7.44. The molecule has 26 heavy (non-hydrogen) atoms. The van der Waals surface area contributed by atoms with Crippen molar-refractivity contribution in [3.8, 4) is 0 Å². The van der Waals surface area contributed by atoms with Crippen molar-refractivity contribution in [2.24, 2.45) is 5.92 Å². The van der Waals surface area contributed by atoms with Crippen molar-refractivity contribution in [2.75, 3.05) is 13.1 Å². The van der Waals surface area contributed by atoms with Crippen LogP contribution in [0.15, 0.2) is 42.5 Å². The lowest BCUT2D eigenvalue weighted by molar-refractivity contribution is -0.126. The van der Waals surface area contributed by atoms with Gasteiger partial charge in [-0.3, -0.25) is 4.79 Å². The molecule has 0 radical (unpaired) electrons. The lowest BCUT2D eigenvalue weighted by atomic mass is 9.93. The van der Waals surface area contributed by atoms with Crippen molar-refractivity contribution in [2.45, 2.75) is 25.8 Å². The molecule has 0 bridgehead atoms. The predicted octanol–water partition coefficient (Wildman–Crippen LogP) is 4.41. The van der Waals surface area contributed by atoms with Gasteiger partial charge in [0.25, 0.3) is 0 Å². The number of nitrogens with one attached hydrogen (secondary N) is 2. The van der Waals surface area contributed by atoms with Gasteiger partial charge in [0.1, 0.15) is 5.82 Å². The highest BCUT2D eigenvalue weighted by Gasteiger charge is 2.26. The largest absolute Gasteiger partial charge is 0.345 e. The Hall–Kier alpha value is -1.62. The number of halogens is 3. The smallest absolute Gasteiger partial charge is 0.223 e. The van der Waals surface area contributed by atoms with Crippen molar-refractivity contribution in [1.29, 1.82) is 0 Å². The summed E-state index contributed by atoms with van der Waals surface area (Å²) in [7, 11) is 0. The van der Waals surface area contributed by atoms with E-state index in [9.17, 15) is 9.18 Å². The third-order valence-electron chi connectivity index (χ3n) is 4.73. The number of rotatable bonds is 4. The lowest BCUT2D eigenvalue weighted by Gasteiger charge is -2.26. The van der Waals surface area contributed by atoms with E-state index in [1.54, 1.807) is 25.1 Å². The summed E-state index contributed by atoms with van der Waals surface area (Å²) < 4.78 is 13.7. The van der Waals surface area contributed by atoms with Crippen LogP contribution in [0.3, 0.4) is 0 Å². The van der Waals surface area contributed by atoms with E-state index in [2.05, 4.69) is 10.6 Å². The number of aryl methyl sites for hydroxylation is 1. The van der Waals surface area contributed by atoms with E-state index in [-0.39, 0.29) is 30.0 Å². The first-order valence-electron chi connectivity index (χ1n) is 8.58. The highest BCUT2D eigenvalue weighted by atomic mass is 35.5. The van der Waals surface area contributed by atoms with Crippen LogP contribution < -0.4 is 10.6 Å². The Labute approximate surface area is 164 Å². The van der Waals surface area contributed by atoms with Gasteiger partial charge < -0.3 is 10.6 Å². The van der Waals surface area contributed by atoms with E-state index in [1.165, 1.54) is 6.07 Å². The van der Waals surface area contributed by atoms with Crippen molar-refractivity contribution >= 4 is 29.9 Å². The lowest BCUT2D eigenvalue weighted by Crippen LogP contribution is -2.40. The molecule has 1 unspecified atom stereocenters. The molecule has 0 aliphatic carbocycles. The molecule has 3 rings (SSSR count). The van der Waals surface area contributed by atoms with Crippen LogP contribution in [0.2, 0.25) is 5.02 Å². The van der Waals surface area contributed by atoms with E-state index in [0.29, 0.717) is 10.6 Å². The van der Waals surface area contributed by atoms with Gasteiger partial charge in [0.15, 0.2) is 0 Å². The minimum absolute atomic E-state index is 0. The molecule has 2 aromatic rings. The number of benzene rings is 2. The second kappa shape index (κ2) is 9.36. The van der Waals surface area contributed by atoms with E-state index in [4.69, 9.17) is 11.6 Å². The maximum absolute atomic E-state index is 13.7. The van der Waals surface area contributed by atoms with Crippen LogP contribution in [0.25, 0.3) is 0 Å². The zero-order valence-corrected chi connectivity index (χ0v) is 16.2. The van der Waals surface area contributed by atoms with Gasteiger partial charge in [-0.05, 0) is 61.7 Å². The third kappa shape index (κ3) is 4.76. The van der Waals surface area contributed by atoms with E-state index in [1.807, 2.05) is 18.2 Å². The first-order chi connectivity index (χ1) is 12.1. The van der Waals surface area contributed by atoms with Gasteiger partial charge in [0.05, 0.1) is 6.04 Å². The van der Waals surface area contributed by atoms with Crippen LogP contribution in [0, 0.1) is 18.7 Å². The summed E-state index contributed by atoms with van der Waals surface area (Å²) in [6, 6.07) is 12.0. The minimum Gasteiger partial charge on any atom is -0.345 e. The number of carbonyl (C=O) groups excluding carboxylic acids is 1. The molecule has 1 atom stereocenters. The summed E-state index contributed by atoms with van der Waals surface area (Å²) in [5.74, 6) is -0.243. The fraction of sp³-hybridized carbons (Fsp3) is 0.350. The Morgan fingerprint density at radius 1 is 1.23 bits per heavy atom. The fourth-order valence-corrected chi connectivity index (χ4v) is 3.49. The van der Waals surface area contributed by atoms with Gasteiger partial charge in [0, 0.05) is 10.9 Å². The molecule has 1 aliphatic heterocycles. The van der Waals surface area contributed by atoms with Crippen molar-refractivity contribution in [1.82, 2.24) is 10.6 Å². The van der Waals surface area contributed by atoms with Gasteiger partial charge in [-0.25, -0.2) is 4.39 Å². The number of piperidine rings is 1. The first-order valence-corrected chi connectivity index (χ1v) is 8.95. The zero-order chi connectivity index (χ0) is 17.8. The van der Waals surface area contributed by atoms with Crippen molar-refractivity contribution in [3.63, 3.8) is 0 Å². The fourth-order valence-electron chi connectivity index (χ4n) is 3.24. The molecule has 2 aromatic carbocycles. The van der Waals surface area contributed by atoms with Crippen LogP contribution in [-0.4, -0.2) is 19.0 Å². The zero-order valence-electron chi connectivity index (χ0n) is 14.6. The molecule has 0 spiro atoms. The highest BCUT2D eigenvalue weighted by Crippen LogP contribution is 2.30. The number of carbonyl (C=O) groups is 1. The molecular formula is C20H23Cl2FN2O. The van der Waals surface area contributed by atoms with Gasteiger partial charge in [-0.1, -0.05) is 41.9 Å². The first kappa shape index (κ1) is 20.7. The molecule has 0 saturated carbocycles. The van der Waals surface area contributed by atoms with Gasteiger partial charge in [0.2, 0.25) is 5.91 Å². The Bertz CT molecular complexity index is 763. The SMILES string of the molecule is Cc1cc(C(NC(=O)C2CCNCC2)c2ccccc2Cl)ccc1F.Cl. The molecule has 6 heteroatoms. The Morgan fingerprint density at radius 2 is 1.92 bits per heavy atom. The summed E-state index contributed by atoms with van der Waals surface area (Å²) in [6.07, 6.45) is 1.65. The number of amides is 1. The maximum atomic E-state index is 13.7. The van der Waals surface area contributed by atoms with Crippen LogP contribution in [0.5, 0.6) is 0 Å². The number of hydrogen-bond acceptors (Lipinski definition) is 2. The van der Waals surface area contributed by atoms with Crippen molar-refractivity contribution in [3.05, 3.63) is 70.0 Å². The molecule has 3 nitrogen and oxygen atoms in total. The molecule has 2 N–H and O–H groups in total. The van der Waals surface area contributed by atoms with Gasteiger partial charge in [-0.2, -0.15) is 0 Å². The topological polar surface area (TPSA) is 41.1 Å². The van der Waals surface area contributed by atoms with E-state index in [0.717, 1.165) is 37.1 Å².